The van der Waals surface area contributed by atoms with Crippen LogP contribution in [0, 0.1) is 40.4 Å². The summed E-state index contributed by atoms with van der Waals surface area (Å²) in [6, 6.07) is 1.34. The number of aromatic hydroxyl groups is 2. The molecule has 2 unspecified atom stereocenters. The zero-order chi connectivity index (χ0) is 28.4. The van der Waals surface area contributed by atoms with Crippen LogP contribution in [0.15, 0.2) is 6.07 Å². The molecule has 10 heteroatoms. The molecule has 4 aliphatic rings. The van der Waals surface area contributed by atoms with Gasteiger partial charge in [-0.15, -0.1) is 0 Å². The molecule has 5 rings (SSSR count). The molecule has 3 saturated carbocycles. The van der Waals surface area contributed by atoms with Crippen molar-refractivity contribution in [3.63, 3.8) is 0 Å². The minimum atomic E-state index is -5.14. The third-order valence-electron chi connectivity index (χ3n) is 12.3. The molecule has 0 bridgehead atoms. The van der Waals surface area contributed by atoms with E-state index in [1.54, 1.807) is 6.92 Å². The molecule has 4 aliphatic carbocycles. The summed E-state index contributed by atoms with van der Waals surface area (Å²) in [7, 11) is -5.14. The van der Waals surface area contributed by atoms with E-state index in [1.807, 2.05) is 13.8 Å². The Balaban J connectivity index is 0.00000353. The van der Waals surface area contributed by atoms with Gasteiger partial charge in [0, 0.05) is 11.3 Å². The van der Waals surface area contributed by atoms with Crippen molar-refractivity contribution in [2.75, 3.05) is 0 Å². The number of hydrogen-bond acceptors (Lipinski definition) is 7. The van der Waals surface area contributed by atoms with E-state index in [1.165, 1.54) is 13.0 Å². The van der Waals surface area contributed by atoms with Gasteiger partial charge in [-0.2, -0.15) is 0 Å². The molecule has 3 N–H and O–H groups in total. The largest absolute Gasteiger partial charge is 1.00 e. The molecule has 3 fully saturated rings. The summed E-state index contributed by atoms with van der Waals surface area (Å²) in [5.74, 6) is -3.21. The maximum Gasteiger partial charge on any atom is 1.00 e. The van der Waals surface area contributed by atoms with Gasteiger partial charge in [-0.25, -0.2) is 8.42 Å². The summed E-state index contributed by atoms with van der Waals surface area (Å²) < 4.78 is 38.1. The van der Waals surface area contributed by atoms with Gasteiger partial charge in [0.2, 0.25) is 0 Å². The topological polar surface area (TPSA) is 152 Å². The van der Waals surface area contributed by atoms with Crippen molar-refractivity contribution >= 4 is 21.9 Å². The van der Waals surface area contributed by atoms with Gasteiger partial charge in [0.25, 0.3) is 0 Å². The van der Waals surface area contributed by atoms with Crippen LogP contribution in [0.5, 0.6) is 11.5 Å². The minimum Gasteiger partial charge on any atom is -0.747 e. The number of carbonyl (C=O) groups excluding carboxylic acids is 1. The van der Waals surface area contributed by atoms with Crippen LogP contribution in [0.25, 0.3) is 0 Å². The van der Waals surface area contributed by atoms with E-state index in [-0.39, 0.29) is 52.0 Å². The van der Waals surface area contributed by atoms with Crippen molar-refractivity contribution in [2.45, 2.75) is 97.2 Å². The number of fused-ring (bicyclic) bond motifs is 7. The monoisotopic (exact) mass is 570 g/mol. The molecular formula is C29H39NaO8S. The van der Waals surface area contributed by atoms with Crippen molar-refractivity contribution in [3.05, 3.63) is 22.8 Å². The maximum atomic E-state index is 14.4. The van der Waals surface area contributed by atoms with Gasteiger partial charge in [-0.1, -0.05) is 27.7 Å². The predicted octanol–water partition coefficient (Wildman–Crippen LogP) is 1.95. The first kappa shape index (κ1) is 30.8. The molecule has 210 valence electrons. The number of Topliss-reactive ketones (excluding diaryl/α,β-unsaturated/α-hetero) is 1. The van der Waals surface area contributed by atoms with E-state index in [0.717, 1.165) is 12.8 Å². The number of phenolic OH excluding ortho intramolecular Hbond substituents is 2. The number of carboxylic acid groups (broad SMARTS) is 1. The molecule has 0 spiro atoms. The quantitative estimate of drug-likeness (QED) is 0.277. The number of ketones is 1. The van der Waals surface area contributed by atoms with Gasteiger partial charge in [-0.05, 0) is 104 Å². The molecule has 0 saturated heterocycles. The molecule has 8 nitrogen and oxygen atoms in total. The van der Waals surface area contributed by atoms with Gasteiger partial charge >= 0.3 is 35.5 Å². The van der Waals surface area contributed by atoms with Crippen molar-refractivity contribution in [2.24, 2.45) is 33.5 Å². The number of carbonyl (C=O) groups is 2. The van der Waals surface area contributed by atoms with Crippen molar-refractivity contribution in [1.82, 2.24) is 0 Å². The van der Waals surface area contributed by atoms with Gasteiger partial charge in [0.1, 0.15) is 15.4 Å². The van der Waals surface area contributed by atoms with E-state index in [4.69, 9.17) is 0 Å². The summed E-state index contributed by atoms with van der Waals surface area (Å²) in [5, 5.41) is 29.1. The van der Waals surface area contributed by atoms with Crippen molar-refractivity contribution in [1.29, 1.82) is 0 Å². The molecule has 1 aromatic rings. The summed E-state index contributed by atoms with van der Waals surface area (Å²) in [4.78, 5) is 26.7. The summed E-state index contributed by atoms with van der Waals surface area (Å²) in [6.45, 7) is 11.6. The van der Waals surface area contributed by atoms with Crippen LogP contribution in [0.3, 0.4) is 0 Å². The van der Waals surface area contributed by atoms with Crippen LogP contribution in [-0.2, 0) is 25.1 Å². The van der Waals surface area contributed by atoms with E-state index >= 15 is 0 Å². The van der Waals surface area contributed by atoms with Crippen LogP contribution in [0.1, 0.15) is 102 Å². The Morgan fingerprint density at radius 1 is 0.974 bits per heavy atom. The first-order valence-electron chi connectivity index (χ1n) is 13.5. The van der Waals surface area contributed by atoms with Crippen molar-refractivity contribution < 1.29 is 67.4 Å². The fraction of sp³-hybridized carbons (Fsp3) is 0.724. The molecule has 8 atom stereocenters. The minimum absolute atomic E-state index is 0. The van der Waals surface area contributed by atoms with Gasteiger partial charge in [0.05, 0.1) is 5.41 Å². The van der Waals surface area contributed by atoms with E-state index in [0.29, 0.717) is 37.7 Å². The second kappa shape index (κ2) is 8.93. The Labute approximate surface area is 253 Å². The molecule has 39 heavy (non-hydrogen) atoms. The molecular weight excluding hydrogens is 531 g/mol. The summed E-state index contributed by atoms with van der Waals surface area (Å²) in [5.41, 5.74) is -2.54. The fourth-order valence-electron chi connectivity index (χ4n) is 9.67. The maximum absolute atomic E-state index is 14.4. The van der Waals surface area contributed by atoms with Crippen LogP contribution >= 0.6 is 0 Å². The Morgan fingerprint density at radius 2 is 1.54 bits per heavy atom. The normalized spacial score (nSPS) is 43.3. The molecule has 1 aromatic carbocycles. The number of rotatable bonds is 2. The van der Waals surface area contributed by atoms with E-state index < -0.39 is 66.2 Å². The smallest absolute Gasteiger partial charge is 0.747 e. The zero-order valence-electron chi connectivity index (χ0n) is 24.1. The van der Waals surface area contributed by atoms with Crippen LogP contribution in [-0.4, -0.2) is 40.0 Å². The average molecular weight is 571 g/mol. The number of aliphatic carboxylic acids is 1. The Bertz CT molecular complexity index is 1380. The molecule has 0 heterocycles. The second-order valence-electron chi connectivity index (χ2n) is 14.1. The number of benzene rings is 1. The van der Waals surface area contributed by atoms with Crippen LogP contribution < -0.4 is 29.6 Å². The summed E-state index contributed by atoms with van der Waals surface area (Å²) in [6.07, 6.45) is 4.47. The third-order valence-corrected chi connectivity index (χ3v) is 13.3. The van der Waals surface area contributed by atoms with Gasteiger partial charge < -0.3 is 19.9 Å². The Hall–Kier alpha value is -1.13. The molecule has 0 aromatic heterocycles. The van der Waals surface area contributed by atoms with Gasteiger partial charge in [-0.3, -0.25) is 9.59 Å². The summed E-state index contributed by atoms with van der Waals surface area (Å²) >= 11 is 0. The first-order chi connectivity index (χ1) is 17.3. The SMILES string of the molecule is Cc1c(O)c(O)cc2c1C(S(=O)(=O)[O-])C(=O)C1[C@@]2(C)CC[C@@]2(C)[C@@H]3C[C@](C)(C(=O)O)CC[C@]3(C)CC[C@]12C.[Na+]. The first-order valence-corrected chi connectivity index (χ1v) is 15.0. The molecule has 0 radical (unpaired) electrons. The Morgan fingerprint density at radius 3 is 2.10 bits per heavy atom. The van der Waals surface area contributed by atoms with E-state index in [2.05, 4.69) is 13.8 Å². The van der Waals surface area contributed by atoms with Gasteiger partial charge in [0.15, 0.2) is 17.3 Å². The predicted molar refractivity (Wildman–Crippen MR) is 139 cm³/mol. The van der Waals surface area contributed by atoms with Crippen LogP contribution in [0.2, 0.25) is 0 Å². The standard InChI is InChI=1S/C29H40O8S.Na/c1-15-19-16(13-17(30)20(15)31)27(4)10-12-28(5)18-14-26(3,24(33)34)8-7-25(18,2)9-11-29(28,6)23(27)21(32)22(19)38(35,36)37;/h13,18,22-23,30-31H,7-12,14H2,1-6H3,(H,33,34)(H,35,36,37);/q;+1/p-1/t18-,22?,23?,25-,26-,27+,28+,29-;/m1./s1. The number of carboxylic acids is 1. The number of hydrogen-bond donors (Lipinski definition) is 3. The molecule has 0 amide bonds. The van der Waals surface area contributed by atoms with Crippen LogP contribution in [0.4, 0.5) is 0 Å². The molecule has 0 aliphatic heterocycles. The zero-order valence-corrected chi connectivity index (χ0v) is 26.9. The third kappa shape index (κ3) is 3.85. The number of phenols is 2. The Kier molecular flexibility index (Phi) is 7.06. The van der Waals surface area contributed by atoms with Crippen molar-refractivity contribution in [3.8, 4) is 11.5 Å². The fourth-order valence-corrected chi connectivity index (χ4v) is 10.7. The second-order valence-corrected chi connectivity index (χ2v) is 15.5. The average Bonchev–Trinajstić information content (AvgIpc) is 2.80. The van der Waals surface area contributed by atoms with E-state index in [9.17, 15) is 37.9 Å².